The SMILES string of the molecule is COC(CNC1CCN(C(=O)OC(C)(C)C)C(C)C1)OC. The highest BCUT2D eigenvalue weighted by Gasteiger charge is 2.31. The Balaban J connectivity index is 2.41. The zero-order valence-corrected chi connectivity index (χ0v) is 14.1. The van der Waals surface area contributed by atoms with Crippen molar-refractivity contribution in [1.82, 2.24) is 10.2 Å². The number of ether oxygens (including phenoxy) is 3. The molecule has 1 aliphatic heterocycles. The summed E-state index contributed by atoms with van der Waals surface area (Å²) in [6.45, 7) is 9.08. The smallest absolute Gasteiger partial charge is 0.410 e. The van der Waals surface area contributed by atoms with Crippen LogP contribution in [0.1, 0.15) is 40.5 Å². The first-order valence-electron chi connectivity index (χ1n) is 7.55. The van der Waals surface area contributed by atoms with Crippen molar-refractivity contribution in [3.05, 3.63) is 0 Å². The molecule has 1 rings (SSSR count). The Kier molecular flexibility index (Phi) is 6.90. The van der Waals surface area contributed by atoms with Gasteiger partial charge in [-0.1, -0.05) is 0 Å². The molecule has 1 amide bonds. The maximum Gasteiger partial charge on any atom is 0.410 e. The van der Waals surface area contributed by atoms with Crippen LogP contribution in [-0.4, -0.2) is 62.3 Å². The number of nitrogens with zero attached hydrogens (tertiary/aromatic N) is 1. The summed E-state index contributed by atoms with van der Waals surface area (Å²) in [4.78, 5) is 13.9. The second-order valence-electron chi connectivity index (χ2n) is 6.55. The predicted molar refractivity (Wildman–Crippen MR) is 81.2 cm³/mol. The lowest BCUT2D eigenvalue weighted by atomic mass is 9.98. The van der Waals surface area contributed by atoms with Gasteiger partial charge in [-0.05, 0) is 40.5 Å². The molecule has 1 fully saturated rings. The molecule has 0 aliphatic carbocycles. The molecule has 1 N–H and O–H groups in total. The first kappa shape index (κ1) is 18.2. The number of nitrogens with one attached hydrogen (secondary N) is 1. The van der Waals surface area contributed by atoms with E-state index >= 15 is 0 Å². The van der Waals surface area contributed by atoms with Crippen LogP contribution in [0.4, 0.5) is 4.79 Å². The summed E-state index contributed by atoms with van der Waals surface area (Å²) in [5, 5.41) is 3.43. The zero-order valence-electron chi connectivity index (χ0n) is 14.1. The van der Waals surface area contributed by atoms with Gasteiger partial charge in [-0.2, -0.15) is 0 Å². The highest BCUT2D eigenvalue weighted by molar-refractivity contribution is 5.68. The fraction of sp³-hybridized carbons (Fsp3) is 0.933. The van der Waals surface area contributed by atoms with E-state index in [0.29, 0.717) is 19.1 Å². The Morgan fingerprint density at radius 1 is 1.33 bits per heavy atom. The lowest BCUT2D eigenvalue weighted by molar-refractivity contribution is -0.101. The first-order chi connectivity index (χ1) is 9.76. The fourth-order valence-electron chi connectivity index (χ4n) is 2.48. The molecule has 0 saturated carbocycles. The number of carbonyl (C=O) groups is 1. The van der Waals surface area contributed by atoms with Crippen molar-refractivity contribution >= 4 is 6.09 Å². The molecule has 1 aliphatic rings. The predicted octanol–water partition coefficient (Wildman–Crippen LogP) is 1.98. The zero-order chi connectivity index (χ0) is 16.0. The number of likely N-dealkylation sites (tertiary alicyclic amines) is 1. The van der Waals surface area contributed by atoms with E-state index in [1.165, 1.54) is 0 Å². The second-order valence-corrected chi connectivity index (χ2v) is 6.55. The number of hydrogen-bond acceptors (Lipinski definition) is 5. The van der Waals surface area contributed by atoms with Crippen LogP contribution < -0.4 is 5.32 Å². The molecule has 2 unspecified atom stereocenters. The molecule has 21 heavy (non-hydrogen) atoms. The van der Waals surface area contributed by atoms with Crippen molar-refractivity contribution in [2.24, 2.45) is 0 Å². The van der Waals surface area contributed by atoms with E-state index in [1.807, 2.05) is 25.7 Å². The average Bonchev–Trinajstić information content (AvgIpc) is 2.37. The van der Waals surface area contributed by atoms with Crippen LogP contribution in [0, 0.1) is 0 Å². The van der Waals surface area contributed by atoms with Crippen molar-refractivity contribution in [3.63, 3.8) is 0 Å². The molecule has 2 atom stereocenters. The van der Waals surface area contributed by atoms with Gasteiger partial charge in [-0.25, -0.2) is 4.79 Å². The number of rotatable bonds is 5. The van der Waals surface area contributed by atoms with Crippen LogP contribution in [0.5, 0.6) is 0 Å². The molecule has 6 nitrogen and oxygen atoms in total. The monoisotopic (exact) mass is 302 g/mol. The Bertz CT molecular complexity index is 326. The molecule has 0 aromatic heterocycles. The Hall–Kier alpha value is -0.850. The maximum atomic E-state index is 12.1. The van der Waals surface area contributed by atoms with Crippen molar-refractivity contribution < 1.29 is 19.0 Å². The quantitative estimate of drug-likeness (QED) is 0.787. The summed E-state index contributed by atoms with van der Waals surface area (Å²) in [6.07, 6.45) is 1.35. The largest absolute Gasteiger partial charge is 0.444 e. The standard InChI is InChI=1S/C15H30N2O4/c1-11-9-12(16-10-13(19-5)20-6)7-8-17(11)14(18)21-15(2,3)4/h11-13,16H,7-10H2,1-6H3. The summed E-state index contributed by atoms with van der Waals surface area (Å²) < 4.78 is 15.8. The summed E-state index contributed by atoms with van der Waals surface area (Å²) in [7, 11) is 3.26. The van der Waals surface area contributed by atoms with Gasteiger partial charge in [0.2, 0.25) is 0 Å². The summed E-state index contributed by atoms with van der Waals surface area (Å²) >= 11 is 0. The van der Waals surface area contributed by atoms with Crippen LogP contribution in [0.25, 0.3) is 0 Å². The van der Waals surface area contributed by atoms with E-state index in [9.17, 15) is 4.79 Å². The number of carbonyl (C=O) groups excluding carboxylic acids is 1. The number of methoxy groups -OCH3 is 2. The Morgan fingerprint density at radius 2 is 1.95 bits per heavy atom. The van der Waals surface area contributed by atoms with Gasteiger partial charge in [0, 0.05) is 39.4 Å². The van der Waals surface area contributed by atoms with Crippen molar-refractivity contribution in [2.75, 3.05) is 27.3 Å². The number of hydrogen-bond donors (Lipinski definition) is 1. The van der Waals surface area contributed by atoms with E-state index in [1.54, 1.807) is 14.2 Å². The molecular formula is C15H30N2O4. The maximum absolute atomic E-state index is 12.1. The topological polar surface area (TPSA) is 60.0 Å². The van der Waals surface area contributed by atoms with E-state index in [2.05, 4.69) is 12.2 Å². The van der Waals surface area contributed by atoms with Crippen molar-refractivity contribution in [3.8, 4) is 0 Å². The van der Waals surface area contributed by atoms with Crippen LogP contribution in [-0.2, 0) is 14.2 Å². The summed E-state index contributed by atoms with van der Waals surface area (Å²) in [6, 6.07) is 0.529. The lowest BCUT2D eigenvalue weighted by Crippen LogP contribution is -2.52. The van der Waals surface area contributed by atoms with Gasteiger partial charge in [0.15, 0.2) is 6.29 Å². The molecule has 0 aromatic rings. The van der Waals surface area contributed by atoms with E-state index in [0.717, 1.165) is 12.8 Å². The molecule has 0 radical (unpaired) electrons. The summed E-state index contributed by atoms with van der Waals surface area (Å²) in [5.41, 5.74) is -0.448. The van der Waals surface area contributed by atoms with Crippen LogP contribution >= 0.6 is 0 Å². The molecule has 0 bridgehead atoms. The van der Waals surface area contributed by atoms with Gasteiger partial charge < -0.3 is 24.4 Å². The van der Waals surface area contributed by atoms with Crippen LogP contribution in [0.2, 0.25) is 0 Å². The molecule has 0 aromatic carbocycles. The minimum atomic E-state index is -0.448. The molecule has 6 heteroatoms. The van der Waals surface area contributed by atoms with Crippen molar-refractivity contribution in [2.45, 2.75) is 64.5 Å². The number of piperidine rings is 1. The molecule has 124 valence electrons. The van der Waals surface area contributed by atoms with Crippen LogP contribution in [0.3, 0.4) is 0 Å². The third-order valence-corrected chi connectivity index (χ3v) is 3.60. The van der Waals surface area contributed by atoms with Gasteiger partial charge in [-0.3, -0.25) is 0 Å². The first-order valence-corrected chi connectivity index (χ1v) is 7.55. The number of amides is 1. The average molecular weight is 302 g/mol. The third-order valence-electron chi connectivity index (χ3n) is 3.60. The van der Waals surface area contributed by atoms with E-state index < -0.39 is 5.60 Å². The van der Waals surface area contributed by atoms with Gasteiger partial charge in [0.1, 0.15) is 5.60 Å². The normalized spacial score (nSPS) is 23.5. The second kappa shape index (κ2) is 7.96. The van der Waals surface area contributed by atoms with Gasteiger partial charge in [0.25, 0.3) is 0 Å². The van der Waals surface area contributed by atoms with Crippen molar-refractivity contribution in [1.29, 1.82) is 0 Å². The summed E-state index contributed by atoms with van der Waals surface area (Å²) in [5.74, 6) is 0. The molecule has 0 spiro atoms. The minimum absolute atomic E-state index is 0.162. The molecule has 1 saturated heterocycles. The van der Waals surface area contributed by atoms with Gasteiger partial charge >= 0.3 is 6.09 Å². The molecule has 1 heterocycles. The highest BCUT2D eigenvalue weighted by atomic mass is 16.7. The Labute approximate surface area is 128 Å². The molecular weight excluding hydrogens is 272 g/mol. The van der Waals surface area contributed by atoms with Gasteiger partial charge in [0.05, 0.1) is 0 Å². The Morgan fingerprint density at radius 3 is 2.43 bits per heavy atom. The lowest BCUT2D eigenvalue weighted by Gasteiger charge is -2.38. The third kappa shape index (κ3) is 6.20. The minimum Gasteiger partial charge on any atom is -0.444 e. The van der Waals surface area contributed by atoms with Gasteiger partial charge in [-0.15, -0.1) is 0 Å². The van der Waals surface area contributed by atoms with E-state index in [4.69, 9.17) is 14.2 Å². The van der Waals surface area contributed by atoms with Crippen LogP contribution in [0.15, 0.2) is 0 Å². The van der Waals surface area contributed by atoms with E-state index in [-0.39, 0.29) is 18.4 Å². The fourth-order valence-corrected chi connectivity index (χ4v) is 2.48. The highest BCUT2D eigenvalue weighted by Crippen LogP contribution is 2.20.